The van der Waals surface area contributed by atoms with Gasteiger partial charge in [0.1, 0.15) is 22.9 Å². The van der Waals surface area contributed by atoms with Gasteiger partial charge in [-0.15, -0.1) is 4.40 Å². The van der Waals surface area contributed by atoms with Crippen LogP contribution >= 0.6 is 0 Å². The molecule has 0 unspecified atom stereocenters. The Labute approximate surface area is 174 Å². The number of aromatic nitrogens is 1. The Morgan fingerprint density at radius 1 is 1.00 bits per heavy atom. The Kier molecular flexibility index (Phi) is 7.81. The minimum atomic E-state index is -3.81. The van der Waals surface area contributed by atoms with Crippen molar-refractivity contribution in [2.45, 2.75) is 6.92 Å². The van der Waals surface area contributed by atoms with Crippen LogP contribution in [0.3, 0.4) is 0 Å². The Hall–Kier alpha value is -3.54. The molecule has 1 aromatic heterocycles. The number of carbonyl (C=O) groups excluding carboxylic acids is 1. The number of pyridine rings is 1. The maximum atomic E-state index is 12.4. The summed E-state index contributed by atoms with van der Waals surface area (Å²) in [7, 11) is 0.512. The van der Waals surface area contributed by atoms with E-state index >= 15 is 0 Å². The predicted octanol–water partition coefficient (Wildman–Crippen LogP) is 1.16. The molecule has 162 valence electrons. The van der Waals surface area contributed by atoms with Gasteiger partial charge in [0.25, 0.3) is 15.9 Å². The second kappa shape index (κ2) is 10.3. The quantitative estimate of drug-likeness (QED) is 0.331. The number of hydrogen-bond donors (Lipinski definition) is 3. The van der Waals surface area contributed by atoms with Crippen LogP contribution in [0.5, 0.6) is 17.4 Å². The van der Waals surface area contributed by atoms with Gasteiger partial charge in [-0.3, -0.25) is 15.6 Å². The second-order valence-corrected chi connectivity index (χ2v) is 7.54. The topological polar surface area (TPSA) is 140 Å². The number of benzene rings is 1. The fourth-order valence-corrected chi connectivity index (χ4v) is 2.71. The first-order chi connectivity index (χ1) is 14.3. The van der Waals surface area contributed by atoms with Crippen molar-refractivity contribution in [2.75, 3.05) is 32.4 Å². The monoisotopic (exact) mass is 437 g/mol. The largest absolute Gasteiger partial charge is 0.494 e. The molecule has 30 heavy (non-hydrogen) atoms. The summed E-state index contributed by atoms with van der Waals surface area (Å²) in [6.45, 7) is 1.44. The summed E-state index contributed by atoms with van der Waals surface area (Å²) in [6, 6.07) is 9.64. The first-order valence-corrected chi connectivity index (χ1v) is 10.3. The highest BCUT2D eigenvalue weighted by molar-refractivity contribution is 7.90. The van der Waals surface area contributed by atoms with Gasteiger partial charge in [0.05, 0.1) is 27.1 Å². The van der Waals surface area contributed by atoms with Crippen molar-refractivity contribution < 1.29 is 27.4 Å². The molecular weight excluding hydrogens is 414 g/mol. The van der Waals surface area contributed by atoms with E-state index < -0.39 is 15.9 Å². The number of hydrogen-bond acceptors (Lipinski definition) is 7. The normalized spacial score (nSPS) is 11.4. The molecule has 0 aliphatic carbocycles. The number of sulfonamides is 1. The molecule has 0 atom stereocenters. The number of guanidine groups is 1. The van der Waals surface area contributed by atoms with Crippen molar-refractivity contribution in [3.63, 3.8) is 0 Å². The van der Waals surface area contributed by atoms with Crippen molar-refractivity contribution in [1.29, 1.82) is 0 Å². The van der Waals surface area contributed by atoms with E-state index in [2.05, 4.69) is 25.6 Å². The van der Waals surface area contributed by atoms with Crippen LogP contribution in [0.2, 0.25) is 0 Å². The number of nitrogens with zero attached hydrogens (tertiary/aromatic N) is 2. The van der Waals surface area contributed by atoms with Gasteiger partial charge in [0.2, 0.25) is 11.8 Å². The van der Waals surface area contributed by atoms with Crippen molar-refractivity contribution in [3.8, 4) is 17.4 Å². The summed E-state index contributed by atoms with van der Waals surface area (Å²) in [6.07, 6.45) is 0. The minimum absolute atomic E-state index is 0.0504. The average molecular weight is 437 g/mol. The van der Waals surface area contributed by atoms with Gasteiger partial charge in [-0.1, -0.05) is 12.1 Å². The van der Waals surface area contributed by atoms with Gasteiger partial charge in [0, 0.05) is 6.07 Å². The first-order valence-electron chi connectivity index (χ1n) is 8.71. The number of carbonyl (C=O) groups is 1. The average Bonchev–Trinajstić information content (AvgIpc) is 2.77. The lowest BCUT2D eigenvalue weighted by Gasteiger charge is -2.17. The highest BCUT2D eigenvalue weighted by Gasteiger charge is 2.16. The number of ether oxygens (including phenoxy) is 3. The summed E-state index contributed by atoms with van der Waals surface area (Å²) in [4.78, 5) is 16.4. The van der Waals surface area contributed by atoms with Crippen LogP contribution in [0.15, 0.2) is 40.8 Å². The summed E-state index contributed by atoms with van der Waals surface area (Å²) in [5, 5.41) is 2.79. The summed E-state index contributed by atoms with van der Waals surface area (Å²) in [5.41, 5.74) is 5.18. The van der Waals surface area contributed by atoms with Gasteiger partial charge in [-0.25, -0.2) is 13.4 Å². The van der Waals surface area contributed by atoms with E-state index in [9.17, 15) is 13.2 Å². The number of hydrazine groups is 1. The zero-order chi connectivity index (χ0) is 22.1. The summed E-state index contributed by atoms with van der Waals surface area (Å²) in [5.74, 6) is -0.145. The molecule has 1 heterocycles. The summed E-state index contributed by atoms with van der Waals surface area (Å²) >= 11 is 0. The lowest BCUT2D eigenvalue weighted by atomic mass is 10.2. The van der Waals surface area contributed by atoms with E-state index in [0.717, 1.165) is 0 Å². The van der Waals surface area contributed by atoms with Crippen molar-refractivity contribution in [3.05, 3.63) is 42.1 Å². The molecule has 0 radical (unpaired) electrons. The lowest BCUT2D eigenvalue weighted by Crippen LogP contribution is -2.45. The highest BCUT2D eigenvalue weighted by atomic mass is 32.2. The number of nitrogens with one attached hydrogen (secondary N) is 3. The summed E-state index contributed by atoms with van der Waals surface area (Å²) < 4.78 is 43.3. The molecule has 0 bridgehead atoms. The van der Waals surface area contributed by atoms with Crippen LogP contribution in [0, 0.1) is 0 Å². The number of para-hydroxylation sites is 1. The maximum Gasteiger partial charge on any atom is 0.288 e. The van der Waals surface area contributed by atoms with Crippen LogP contribution in [0.1, 0.15) is 17.4 Å². The Morgan fingerprint density at radius 2 is 1.63 bits per heavy atom. The molecule has 1 amide bonds. The van der Waals surface area contributed by atoms with Crippen LogP contribution < -0.4 is 30.4 Å². The molecule has 0 spiro atoms. The zero-order valence-electron chi connectivity index (χ0n) is 16.9. The van der Waals surface area contributed by atoms with Crippen LogP contribution in [-0.4, -0.2) is 52.4 Å². The molecule has 2 aromatic rings. The number of amides is 1. The van der Waals surface area contributed by atoms with E-state index in [1.807, 2.05) is 0 Å². The predicted molar refractivity (Wildman–Crippen MR) is 111 cm³/mol. The molecule has 11 nitrogen and oxygen atoms in total. The lowest BCUT2D eigenvalue weighted by molar-refractivity contribution is 0.0938. The van der Waals surface area contributed by atoms with Crippen LogP contribution in [-0.2, 0) is 10.0 Å². The maximum absolute atomic E-state index is 12.4. The first kappa shape index (κ1) is 22.7. The van der Waals surface area contributed by atoms with Gasteiger partial charge in [0.15, 0.2) is 0 Å². The Bertz CT molecular complexity index is 1000. The molecule has 0 saturated heterocycles. The smallest absolute Gasteiger partial charge is 0.288 e. The van der Waals surface area contributed by atoms with Gasteiger partial charge in [-0.2, -0.15) is 0 Å². The molecule has 1 aromatic carbocycles. The van der Waals surface area contributed by atoms with Crippen LogP contribution in [0.25, 0.3) is 0 Å². The Balaban J connectivity index is 2.30. The number of anilines is 1. The van der Waals surface area contributed by atoms with E-state index in [1.54, 1.807) is 30.3 Å². The van der Waals surface area contributed by atoms with Gasteiger partial charge < -0.3 is 19.5 Å². The molecular formula is C18H23N5O6S. The van der Waals surface area contributed by atoms with Crippen molar-refractivity contribution in [1.82, 2.24) is 15.8 Å². The van der Waals surface area contributed by atoms with E-state index in [4.69, 9.17) is 14.2 Å². The van der Waals surface area contributed by atoms with E-state index in [1.165, 1.54) is 34.3 Å². The van der Waals surface area contributed by atoms with Crippen molar-refractivity contribution >= 4 is 27.6 Å². The fourth-order valence-electron chi connectivity index (χ4n) is 2.21. The highest BCUT2D eigenvalue weighted by Crippen LogP contribution is 2.34. The third-order valence-electron chi connectivity index (χ3n) is 3.73. The fraction of sp³-hybridized carbons (Fsp3) is 0.278. The molecule has 0 aliphatic rings. The van der Waals surface area contributed by atoms with Crippen molar-refractivity contribution in [2.24, 2.45) is 4.40 Å². The van der Waals surface area contributed by atoms with Crippen LogP contribution in [0.4, 0.5) is 5.69 Å². The van der Waals surface area contributed by atoms with E-state index in [-0.39, 0.29) is 23.3 Å². The van der Waals surface area contributed by atoms with Gasteiger partial charge in [-0.05, 0) is 25.1 Å². The zero-order valence-corrected chi connectivity index (χ0v) is 17.7. The molecule has 12 heteroatoms. The molecule has 0 saturated carbocycles. The van der Waals surface area contributed by atoms with Gasteiger partial charge >= 0.3 is 0 Å². The second-order valence-electron chi connectivity index (χ2n) is 5.62. The number of methoxy groups -OCH3 is 3. The van der Waals surface area contributed by atoms with E-state index in [0.29, 0.717) is 17.2 Å². The molecule has 0 fully saturated rings. The molecule has 3 N–H and O–H groups in total. The number of rotatable bonds is 7. The SMILES string of the molecule is CCS(=O)(=O)N=C(NNC(=O)c1cccc(OC)n1)Nc1c(OC)cccc1OC. The third-order valence-corrected chi connectivity index (χ3v) is 4.92. The third kappa shape index (κ3) is 5.98. The molecule has 2 rings (SSSR count). The Morgan fingerprint density at radius 3 is 2.20 bits per heavy atom. The molecule has 0 aliphatic heterocycles. The standard InChI is InChI=1S/C18H23N5O6S/c1-5-30(25,26)23-18(20-16-13(27-2)9-7-10-14(16)28-3)22-21-17(24)12-8-6-11-15(19-12)29-4/h6-11H,5H2,1-4H3,(H,21,24)(H2,20,22,23). The minimum Gasteiger partial charge on any atom is -0.494 e.